The Balaban J connectivity index is 1.30. The number of methoxy groups -OCH3 is 1. The van der Waals surface area contributed by atoms with Crippen LogP contribution in [0.15, 0.2) is 36.4 Å². The Labute approximate surface area is 234 Å². The number of halogens is 5. The molecule has 1 amide bonds. The van der Waals surface area contributed by atoms with Crippen molar-refractivity contribution < 1.29 is 27.5 Å². The Hall–Kier alpha value is -2.75. The molecule has 6 nitrogen and oxygen atoms in total. The number of benzene rings is 2. The Morgan fingerprint density at radius 1 is 1.03 bits per heavy atom. The Morgan fingerprint density at radius 2 is 1.72 bits per heavy atom. The van der Waals surface area contributed by atoms with E-state index in [2.05, 4.69) is 4.90 Å². The summed E-state index contributed by atoms with van der Waals surface area (Å²) in [7, 11) is 3.10. The molecule has 1 saturated carbocycles. The molecule has 0 radical (unpaired) electrons. The highest BCUT2D eigenvalue weighted by Gasteiger charge is 2.40. The number of ether oxygens (including phenoxy) is 1. The van der Waals surface area contributed by atoms with E-state index < -0.39 is 11.7 Å². The van der Waals surface area contributed by atoms with Gasteiger partial charge in [0.25, 0.3) is 5.91 Å². The van der Waals surface area contributed by atoms with Gasteiger partial charge in [-0.15, -0.1) is 0 Å². The number of piperazine rings is 1. The van der Waals surface area contributed by atoms with Gasteiger partial charge in [0.2, 0.25) is 0 Å². The van der Waals surface area contributed by atoms with Crippen LogP contribution >= 0.6 is 23.2 Å². The first kappa shape index (κ1) is 27.8. The minimum atomic E-state index is -4.44. The first-order valence-electron chi connectivity index (χ1n) is 12.7. The second kappa shape index (κ2) is 10.7. The molecule has 2 heterocycles. The molecule has 0 unspecified atom stereocenters. The zero-order valence-corrected chi connectivity index (χ0v) is 23.0. The second-order valence-corrected chi connectivity index (χ2v) is 11.0. The summed E-state index contributed by atoms with van der Waals surface area (Å²) in [6, 6.07) is 9.02. The number of hydrogen-bond acceptors (Lipinski definition) is 4. The van der Waals surface area contributed by atoms with Crippen molar-refractivity contribution in [1.82, 2.24) is 14.4 Å². The Morgan fingerprint density at radius 3 is 2.36 bits per heavy atom. The first-order valence-corrected chi connectivity index (χ1v) is 13.5. The SMILES string of the molecule is COC(=O)C1CC(N2CCN(C(=O)c3ccc(Cl)c(Cc4cc5ccc(C(F)(F)F)cc5n4C)c3Cl)CC2)C1. The molecule has 2 aromatic carbocycles. The molecule has 2 aliphatic rings. The van der Waals surface area contributed by atoms with Gasteiger partial charge in [0.15, 0.2) is 0 Å². The van der Waals surface area contributed by atoms with Gasteiger partial charge >= 0.3 is 12.1 Å². The Kier molecular flexibility index (Phi) is 7.61. The van der Waals surface area contributed by atoms with Gasteiger partial charge in [-0.2, -0.15) is 13.2 Å². The van der Waals surface area contributed by atoms with Crippen molar-refractivity contribution in [2.75, 3.05) is 33.3 Å². The fraction of sp³-hybridized carbons (Fsp3) is 0.429. The zero-order chi connectivity index (χ0) is 28.1. The third-order valence-corrected chi connectivity index (χ3v) is 8.80. The van der Waals surface area contributed by atoms with Crippen LogP contribution in [0.25, 0.3) is 10.9 Å². The van der Waals surface area contributed by atoms with E-state index >= 15 is 0 Å². The van der Waals surface area contributed by atoms with Crippen LogP contribution in [-0.2, 0) is 29.2 Å². The predicted molar refractivity (Wildman–Crippen MR) is 143 cm³/mol. The van der Waals surface area contributed by atoms with Crippen LogP contribution in [0.4, 0.5) is 13.2 Å². The average molecular weight is 582 g/mol. The molecule has 1 aliphatic heterocycles. The number of amides is 1. The summed E-state index contributed by atoms with van der Waals surface area (Å²) in [6.07, 6.45) is -2.63. The third kappa shape index (κ3) is 5.36. The van der Waals surface area contributed by atoms with Crippen LogP contribution in [0.3, 0.4) is 0 Å². The minimum Gasteiger partial charge on any atom is -0.469 e. The number of rotatable bonds is 5. The fourth-order valence-corrected chi connectivity index (χ4v) is 6.13. The smallest absolute Gasteiger partial charge is 0.416 e. The highest BCUT2D eigenvalue weighted by Crippen LogP contribution is 2.36. The predicted octanol–water partition coefficient (Wildman–Crippen LogP) is 5.80. The number of carbonyl (C=O) groups is 2. The summed E-state index contributed by atoms with van der Waals surface area (Å²) in [4.78, 5) is 29.2. The topological polar surface area (TPSA) is 54.8 Å². The standard InChI is InChI=1S/C28H28Cl2F3N3O3/c1-34-19(11-16-3-4-18(14-24(16)34)28(31,32)33)15-22-23(29)6-5-21(25(22)30)26(37)36-9-7-35(8-10-36)20-12-17(13-20)27(38)39-2/h3-6,11,14,17,20H,7-10,12-13,15H2,1-2H3. The quantitative estimate of drug-likeness (QED) is 0.357. The lowest BCUT2D eigenvalue weighted by molar-refractivity contribution is -0.151. The highest BCUT2D eigenvalue weighted by atomic mass is 35.5. The van der Waals surface area contributed by atoms with Crippen LogP contribution in [0.1, 0.15) is 40.0 Å². The van der Waals surface area contributed by atoms with E-state index in [0.29, 0.717) is 59.3 Å². The van der Waals surface area contributed by atoms with Gasteiger partial charge in [0.05, 0.1) is 29.2 Å². The van der Waals surface area contributed by atoms with Gasteiger partial charge in [-0.05, 0) is 54.1 Å². The molecule has 2 fully saturated rings. The fourth-order valence-electron chi connectivity index (χ4n) is 5.54. The lowest BCUT2D eigenvalue weighted by atomic mass is 9.79. The number of aromatic nitrogens is 1. The van der Waals surface area contributed by atoms with Crippen molar-refractivity contribution in [2.45, 2.75) is 31.5 Å². The average Bonchev–Trinajstić information content (AvgIpc) is 3.19. The molecule has 0 N–H and O–H groups in total. The normalized spacial score (nSPS) is 20.2. The maximum Gasteiger partial charge on any atom is 0.416 e. The number of esters is 1. The monoisotopic (exact) mass is 581 g/mol. The van der Waals surface area contributed by atoms with Crippen LogP contribution in [-0.4, -0.2) is 65.6 Å². The van der Waals surface area contributed by atoms with E-state index in [-0.39, 0.29) is 29.2 Å². The lowest BCUT2D eigenvalue weighted by Crippen LogP contribution is -2.56. The molecular formula is C28H28Cl2F3N3O3. The molecule has 0 spiro atoms. The summed E-state index contributed by atoms with van der Waals surface area (Å²) >= 11 is 13.2. The molecule has 1 aromatic heterocycles. The molecule has 208 valence electrons. The van der Waals surface area contributed by atoms with Gasteiger partial charge in [-0.25, -0.2) is 0 Å². The van der Waals surface area contributed by atoms with Crippen molar-refractivity contribution in [1.29, 1.82) is 0 Å². The van der Waals surface area contributed by atoms with Crippen LogP contribution in [0.2, 0.25) is 10.0 Å². The molecule has 3 aromatic rings. The number of fused-ring (bicyclic) bond motifs is 1. The molecular weight excluding hydrogens is 554 g/mol. The third-order valence-electron chi connectivity index (χ3n) is 8.01. The van der Waals surface area contributed by atoms with E-state index in [0.717, 1.165) is 30.7 Å². The van der Waals surface area contributed by atoms with E-state index in [1.54, 1.807) is 34.7 Å². The van der Waals surface area contributed by atoms with Gasteiger partial charge in [0.1, 0.15) is 0 Å². The summed E-state index contributed by atoms with van der Waals surface area (Å²) in [5.74, 6) is -0.396. The summed E-state index contributed by atoms with van der Waals surface area (Å²) in [5.41, 5.74) is 1.34. The number of aryl methyl sites for hydroxylation is 1. The van der Waals surface area contributed by atoms with E-state index in [1.165, 1.54) is 13.2 Å². The number of hydrogen-bond donors (Lipinski definition) is 0. The number of alkyl halides is 3. The molecule has 0 bridgehead atoms. The van der Waals surface area contributed by atoms with Crippen LogP contribution < -0.4 is 0 Å². The summed E-state index contributed by atoms with van der Waals surface area (Å²) in [5, 5.41) is 1.30. The minimum absolute atomic E-state index is 0.0422. The van der Waals surface area contributed by atoms with Gasteiger partial charge in [0, 0.05) is 61.9 Å². The number of nitrogens with zero attached hydrogens (tertiary/aromatic N) is 3. The second-order valence-electron chi connectivity index (χ2n) is 10.2. The van der Waals surface area contributed by atoms with E-state index in [1.807, 2.05) is 0 Å². The Bertz CT molecular complexity index is 1420. The zero-order valence-electron chi connectivity index (χ0n) is 21.5. The maximum atomic E-state index is 13.4. The molecule has 1 saturated heterocycles. The van der Waals surface area contributed by atoms with Crippen molar-refractivity contribution in [3.63, 3.8) is 0 Å². The van der Waals surface area contributed by atoms with Crippen molar-refractivity contribution in [3.05, 3.63) is 68.8 Å². The van der Waals surface area contributed by atoms with Gasteiger partial charge in [-0.1, -0.05) is 29.3 Å². The molecule has 0 atom stereocenters. The van der Waals surface area contributed by atoms with Crippen molar-refractivity contribution in [3.8, 4) is 0 Å². The van der Waals surface area contributed by atoms with E-state index in [9.17, 15) is 22.8 Å². The largest absolute Gasteiger partial charge is 0.469 e. The van der Waals surface area contributed by atoms with Crippen molar-refractivity contribution in [2.24, 2.45) is 13.0 Å². The maximum absolute atomic E-state index is 13.4. The summed E-state index contributed by atoms with van der Waals surface area (Å²) < 4.78 is 46.2. The highest BCUT2D eigenvalue weighted by molar-refractivity contribution is 6.38. The summed E-state index contributed by atoms with van der Waals surface area (Å²) in [6.45, 7) is 2.49. The van der Waals surface area contributed by atoms with Gasteiger partial charge in [-0.3, -0.25) is 14.5 Å². The van der Waals surface area contributed by atoms with Crippen LogP contribution in [0.5, 0.6) is 0 Å². The molecule has 1 aliphatic carbocycles. The molecule has 5 rings (SSSR count). The number of carbonyl (C=O) groups excluding carboxylic acids is 2. The van der Waals surface area contributed by atoms with E-state index in [4.69, 9.17) is 27.9 Å². The molecule has 11 heteroatoms. The van der Waals surface area contributed by atoms with Gasteiger partial charge < -0.3 is 14.2 Å². The van der Waals surface area contributed by atoms with Crippen molar-refractivity contribution >= 4 is 46.0 Å². The van der Waals surface area contributed by atoms with Crippen LogP contribution in [0, 0.1) is 5.92 Å². The lowest BCUT2D eigenvalue weighted by Gasteiger charge is -2.45. The molecule has 39 heavy (non-hydrogen) atoms. The first-order chi connectivity index (χ1) is 18.5.